The molecule has 2 fully saturated rings. The molecular weight excluding hydrogens is 409 g/mol. The van der Waals surface area contributed by atoms with Crippen molar-refractivity contribution in [3.8, 4) is 0 Å². The summed E-state index contributed by atoms with van der Waals surface area (Å²) in [7, 11) is 0. The van der Waals surface area contributed by atoms with E-state index in [2.05, 4.69) is 20.5 Å². The third-order valence-corrected chi connectivity index (χ3v) is 6.12. The number of carbonyl (C=O) groups is 1. The van der Waals surface area contributed by atoms with E-state index in [9.17, 15) is 18.0 Å². The van der Waals surface area contributed by atoms with Gasteiger partial charge in [0.2, 0.25) is 0 Å². The topological polar surface area (TPSA) is 83.8 Å². The average molecular weight is 425 g/mol. The molecule has 2 aliphatic rings. The molecular formula is C19H16ClF3N4O2. The van der Waals surface area contributed by atoms with Gasteiger partial charge in [-0.25, -0.2) is 4.98 Å². The molecule has 0 radical (unpaired) electrons. The minimum atomic E-state index is -4.58. The van der Waals surface area contributed by atoms with Gasteiger partial charge in [-0.15, -0.1) is 0 Å². The van der Waals surface area contributed by atoms with E-state index in [0.717, 1.165) is 37.3 Å². The molecule has 2 N–H and O–H groups in total. The van der Waals surface area contributed by atoms with Crippen molar-refractivity contribution >= 4 is 28.6 Å². The highest BCUT2D eigenvalue weighted by Gasteiger charge is 2.54. The van der Waals surface area contributed by atoms with Gasteiger partial charge in [0, 0.05) is 23.0 Å². The number of alkyl halides is 3. The smallest absolute Gasteiger partial charge is 0.435 e. The fourth-order valence-corrected chi connectivity index (χ4v) is 4.69. The number of benzene rings is 1. The maximum Gasteiger partial charge on any atom is 0.435 e. The zero-order chi connectivity index (χ0) is 20.4. The molecule has 0 bridgehead atoms. The molecule has 3 aromatic rings. The van der Waals surface area contributed by atoms with Crippen LogP contribution in [0.3, 0.4) is 0 Å². The first kappa shape index (κ1) is 18.5. The zero-order valence-corrected chi connectivity index (χ0v) is 15.8. The number of hydrogen-bond acceptors (Lipinski definition) is 4. The second-order valence-electron chi connectivity index (χ2n) is 8.01. The van der Waals surface area contributed by atoms with Crippen molar-refractivity contribution < 1.29 is 22.4 Å². The molecule has 2 saturated carbocycles. The highest BCUT2D eigenvalue weighted by Crippen LogP contribution is 2.61. The molecule has 10 heteroatoms. The summed E-state index contributed by atoms with van der Waals surface area (Å²) >= 11 is 5.98. The summed E-state index contributed by atoms with van der Waals surface area (Å²) in [5.41, 5.74) is 0.308. The van der Waals surface area contributed by atoms with Crippen molar-refractivity contribution in [3.05, 3.63) is 46.6 Å². The molecule has 0 unspecified atom stereocenters. The van der Waals surface area contributed by atoms with Crippen LogP contribution in [-0.2, 0) is 6.18 Å². The maximum absolute atomic E-state index is 12.6. The number of hydrogen-bond donors (Lipinski definition) is 2. The van der Waals surface area contributed by atoms with Gasteiger partial charge in [-0.1, -0.05) is 11.6 Å². The second kappa shape index (κ2) is 6.22. The molecule has 1 spiro atoms. The normalized spacial score (nSPS) is 26.3. The third kappa shape index (κ3) is 3.27. The number of amides is 1. The monoisotopic (exact) mass is 424 g/mol. The first-order valence-electron chi connectivity index (χ1n) is 9.20. The quantitative estimate of drug-likeness (QED) is 0.639. The molecule has 29 heavy (non-hydrogen) atoms. The SMILES string of the molecule is O=C(NC1CC2(C1)CC(c1nc3cc(Cl)ccc3o1)C2)c1cc(C(F)(F)F)n[nH]1. The lowest BCUT2D eigenvalue weighted by molar-refractivity contribution is -0.141. The van der Waals surface area contributed by atoms with Crippen LogP contribution in [0, 0.1) is 5.41 Å². The number of carbonyl (C=O) groups excluding carboxylic acids is 1. The summed E-state index contributed by atoms with van der Waals surface area (Å²) in [6, 6.07) is 6.01. The van der Waals surface area contributed by atoms with E-state index in [0.29, 0.717) is 16.5 Å². The molecule has 2 aromatic heterocycles. The molecule has 0 saturated heterocycles. The van der Waals surface area contributed by atoms with Crippen molar-refractivity contribution in [2.24, 2.45) is 5.41 Å². The number of oxazole rings is 1. The molecule has 1 aromatic carbocycles. The first-order valence-corrected chi connectivity index (χ1v) is 9.58. The van der Waals surface area contributed by atoms with E-state index in [1.165, 1.54) is 0 Å². The van der Waals surface area contributed by atoms with Crippen LogP contribution in [0.25, 0.3) is 11.1 Å². The van der Waals surface area contributed by atoms with Gasteiger partial charge >= 0.3 is 6.18 Å². The molecule has 0 aliphatic heterocycles. The molecule has 5 rings (SSSR count). The molecule has 1 amide bonds. The van der Waals surface area contributed by atoms with E-state index in [1.54, 1.807) is 18.2 Å². The fraction of sp³-hybridized carbons (Fsp3) is 0.421. The molecule has 2 heterocycles. The Morgan fingerprint density at radius 2 is 2.00 bits per heavy atom. The lowest BCUT2D eigenvalue weighted by atomic mass is 9.50. The third-order valence-electron chi connectivity index (χ3n) is 5.88. The predicted octanol–water partition coefficient (Wildman–Crippen LogP) is 4.68. The molecule has 6 nitrogen and oxygen atoms in total. The van der Waals surface area contributed by atoms with Crippen LogP contribution in [0.15, 0.2) is 28.7 Å². The van der Waals surface area contributed by atoms with E-state index in [1.807, 2.05) is 0 Å². The highest BCUT2D eigenvalue weighted by atomic mass is 35.5. The summed E-state index contributed by atoms with van der Waals surface area (Å²) in [6.07, 6.45) is -1.15. The van der Waals surface area contributed by atoms with Gasteiger partial charge in [-0.3, -0.25) is 9.89 Å². The van der Waals surface area contributed by atoms with E-state index in [4.69, 9.17) is 16.0 Å². The Kier molecular flexibility index (Phi) is 3.96. The minimum Gasteiger partial charge on any atom is -0.440 e. The minimum absolute atomic E-state index is 0.0523. The highest BCUT2D eigenvalue weighted by molar-refractivity contribution is 6.31. The van der Waals surface area contributed by atoms with Crippen molar-refractivity contribution in [2.75, 3.05) is 0 Å². The van der Waals surface area contributed by atoms with Crippen molar-refractivity contribution in [2.45, 2.75) is 43.8 Å². The lowest BCUT2D eigenvalue weighted by Gasteiger charge is -2.57. The number of nitrogens with zero attached hydrogens (tertiary/aromatic N) is 2. The fourth-order valence-electron chi connectivity index (χ4n) is 4.52. The Morgan fingerprint density at radius 1 is 1.24 bits per heavy atom. The Balaban J connectivity index is 1.15. The maximum atomic E-state index is 12.6. The Hall–Kier alpha value is -2.55. The number of H-pyrrole nitrogens is 1. The van der Waals surface area contributed by atoms with E-state index < -0.39 is 17.8 Å². The number of nitrogens with one attached hydrogen (secondary N) is 2. The Morgan fingerprint density at radius 3 is 2.69 bits per heavy atom. The van der Waals surface area contributed by atoms with Crippen LogP contribution in [0.4, 0.5) is 13.2 Å². The van der Waals surface area contributed by atoms with Gasteiger partial charge in [0.05, 0.1) is 0 Å². The van der Waals surface area contributed by atoms with Gasteiger partial charge in [-0.05, 0) is 49.3 Å². The van der Waals surface area contributed by atoms with Gasteiger partial charge in [0.15, 0.2) is 17.2 Å². The van der Waals surface area contributed by atoms with Crippen LogP contribution < -0.4 is 5.32 Å². The molecule has 0 atom stereocenters. The van der Waals surface area contributed by atoms with E-state index >= 15 is 0 Å². The molecule has 152 valence electrons. The van der Waals surface area contributed by atoms with E-state index in [-0.39, 0.29) is 23.1 Å². The van der Waals surface area contributed by atoms with Crippen LogP contribution in [-0.4, -0.2) is 27.1 Å². The standard InChI is InChI=1S/C19H16ClF3N4O2/c20-10-1-2-14-12(3-10)25-17(29-14)9-5-18(6-9)7-11(8-18)24-16(28)13-4-15(27-26-13)19(21,22)23/h1-4,9,11H,5-8H2,(H,24,28)(H,26,27). The average Bonchev–Trinajstić information content (AvgIpc) is 3.21. The van der Waals surface area contributed by atoms with Crippen LogP contribution >= 0.6 is 11.6 Å². The summed E-state index contributed by atoms with van der Waals surface area (Å²) in [5.74, 6) is 0.372. The van der Waals surface area contributed by atoms with Crippen LogP contribution in [0.1, 0.15) is 53.7 Å². The molecule has 2 aliphatic carbocycles. The van der Waals surface area contributed by atoms with Gasteiger partial charge in [0.25, 0.3) is 5.91 Å². The Bertz CT molecular complexity index is 1090. The summed E-state index contributed by atoms with van der Waals surface area (Å²) in [4.78, 5) is 16.7. The van der Waals surface area contributed by atoms with Gasteiger partial charge in [-0.2, -0.15) is 18.3 Å². The largest absolute Gasteiger partial charge is 0.440 e. The number of aromatic amines is 1. The number of fused-ring (bicyclic) bond motifs is 1. The van der Waals surface area contributed by atoms with Crippen LogP contribution in [0.2, 0.25) is 5.02 Å². The predicted molar refractivity (Wildman–Crippen MR) is 97.5 cm³/mol. The number of aromatic nitrogens is 3. The first-order chi connectivity index (χ1) is 13.7. The number of halogens is 4. The lowest BCUT2D eigenvalue weighted by Crippen LogP contribution is -2.55. The van der Waals surface area contributed by atoms with Crippen molar-refractivity contribution in [3.63, 3.8) is 0 Å². The number of rotatable bonds is 3. The van der Waals surface area contributed by atoms with Crippen molar-refractivity contribution in [1.29, 1.82) is 0 Å². The van der Waals surface area contributed by atoms with Gasteiger partial charge < -0.3 is 9.73 Å². The zero-order valence-electron chi connectivity index (χ0n) is 15.0. The van der Waals surface area contributed by atoms with Gasteiger partial charge in [0.1, 0.15) is 11.2 Å². The second-order valence-corrected chi connectivity index (χ2v) is 8.45. The van der Waals surface area contributed by atoms with Crippen LogP contribution in [0.5, 0.6) is 0 Å². The summed E-state index contributed by atoms with van der Waals surface area (Å²) in [6.45, 7) is 0. The van der Waals surface area contributed by atoms with Crippen molar-refractivity contribution in [1.82, 2.24) is 20.5 Å². The summed E-state index contributed by atoms with van der Waals surface area (Å²) in [5, 5.41) is 8.68. The Labute approximate surface area is 167 Å². The summed E-state index contributed by atoms with van der Waals surface area (Å²) < 4.78 is 43.6.